The van der Waals surface area contributed by atoms with E-state index in [1.54, 1.807) is 24.8 Å². The van der Waals surface area contributed by atoms with Gasteiger partial charge in [0, 0.05) is 37.4 Å². The lowest BCUT2D eigenvalue weighted by molar-refractivity contribution is 0.0980. The third-order valence-electron chi connectivity index (χ3n) is 5.67. The highest BCUT2D eigenvalue weighted by molar-refractivity contribution is 5.97. The maximum Gasteiger partial charge on any atom is 0.282 e. The van der Waals surface area contributed by atoms with Crippen LogP contribution in [0.25, 0.3) is 22.2 Å². The number of halogens is 3. The second-order valence-corrected chi connectivity index (χ2v) is 8.27. The smallest absolute Gasteiger partial charge is 0.282 e. The van der Waals surface area contributed by atoms with E-state index in [0.29, 0.717) is 25.0 Å². The number of aryl methyl sites for hydroxylation is 1. The average Bonchev–Trinajstić information content (AvgIpc) is 3.57. The van der Waals surface area contributed by atoms with E-state index in [-0.39, 0.29) is 34.3 Å². The number of fused-ring (bicyclic) bond motifs is 1. The molecule has 3 heterocycles. The maximum absolute atomic E-state index is 14.6. The lowest BCUT2D eigenvalue weighted by atomic mass is 10.0. The average molecular weight is 459 g/mol. The highest BCUT2D eigenvalue weighted by atomic mass is 19.3. The van der Waals surface area contributed by atoms with Crippen molar-refractivity contribution in [3.63, 3.8) is 0 Å². The predicted octanol–water partition coefficient (Wildman–Crippen LogP) is 3.70. The zero-order chi connectivity index (χ0) is 23.8. The van der Waals surface area contributed by atoms with Crippen molar-refractivity contribution >= 4 is 16.9 Å². The Kier molecular flexibility index (Phi) is 6.28. The van der Waals surface area contributed by atoms with Crippen LogP contribution in [0, 0.1) is 23.6 Å². The van der Waals surface area contributed by atoms with Crippen LogP contribution in [0.15, 0.2) is 18.5 Å². The van der Waals surface area contributed by atoms with Crippen LogP contribution in [0.5, 0.6) is 0 Å². The Morgan fingerprint density at radius 1 is 1.36 bits per heavy atom. The second kappa shape index (κ2) is 9.00. The van der Waals surface area contributed by atoms with Gasteiger partial charge in [-0.15, -0.1) is 0 Å². The van der Waals surface area contributed by atoms with Crippen LogP contribution in [0.4, 0.5) is 19.1 Å². The molecule has 0 saturated heterocycles. The molecule has 0 spiro atoms. The molecule has 33 heavy (non-hydrogen) atoms. The molecule has 1 aliphatic carbocycles. The Hall–Kier alpha value is -3.16. The summed E-state index contributed by atoms with van der Waals surface area (Å²) in [4.78, 5) is 11.7. The van der Waals surface area contributed by atoms with Crippen LogP contribution in [0.1, 0.15) is 44.0 Å². The van der Waals surface area contributed by atoms with Gasteiger partial charge < -0.3 is 20.1 Å². The predicted molar refractivity (Wildman–Crippen MR) is 117 cm³/mol. The number of anilines is 1. The van der Waals surface area contributed by atoms with Crippen LogP contribution >= 0.6 is 0 Å². The van der Waals surface area contributed by atoms with Gasteiger partial charge in [-0.3, -0.25) is 0 Å². The van der Waals surface area contributed by atoms with Gasteiger partial charge in [-0.2, -0.15) is 0 Å². The molecule has 10 heteroatoms. The number of aromatic nitrogens is 4. The van der Waals surface area contributed by atoms with E-state index in [2.05, 4.69) is 26.8 Å². The fourth-order valence-corrected chi connectivity index (χ4v) is 3.82. The number of hydrogen-bond donors (Lipinski definition) is 2. The summed E-state index contributed by atoms with van der Waals surface area (Å²) >= 11 is 0. The summed E-state index contributed by atoms with van der Waals surface area (Å²) < 4.78 is 49.5. The summed E-state index contributed by atoms with van der Waals surface area (Å²) in [5.74, 6) is 4.66. The molecule has 1 unspecified atom stereocenters. The molecule has 0 bridgehead atoms. The first kappa shape index (κ1) is 23.0. The Morgan fingerprint density at radius 2 is 2.12 bits per heavy atom. The highest BCUT2D eigenvalue weighted by Gasteiger charge is 2.38. The van der Waals surface area contributed by atoms with Crippen LogP contribution in [0.2, 0.25) is 0 Å². The van der Waals surface area contributed by atoms with Crippen LogP contribution in [0.3, 0.4) is 0 Å². The molecule has 1 atom stereocenters. The van der Waals surface area contributed by atoms with Gasteiger partial charge in [-0.25, -0.2) is 28.1 Å². The molecule has 1 fully saturated rings. The second-order valence-electron chi connectivity index (χ2n) is 8.27. The van der Waals surface area contributed by atoms with Crippen LogP contribution in [-0.4, -0.2) is 43.9 Å². The Morgan fingerprint density at radius 3 is 2.79 bits per heavy atom. The third kappa shape index (κ3) is 4.79. The summed E-state index contributed by atoms with van der Waals surface area (Å²) in [5, 5.41) is 10.8. The SMILES string of the molecule is COCCCn1cc(-c2nc(N)ncc2F)c2cc(C#CC(C)(O)C3CC3)nc(C(F)F)c21. The van der Waals surface area contributed by atoms with Gasteiger partial charge in [0.2, 0.25) is 5.95 Å². The van der Waals surface area contributed by atoms with E-state index in [4.69, 9.17) is 10.5 Å². The van der Waals surface area contributed by atoms with Crippen molar-refractivity contribution < 1.29 is 23.0 Å². The number of nitrogens with zero attached hydrogens (tertiary/aromatic N) is 4. The van der Waals surface area contributed by atoms with Gasteiger partial charge in [-0.05, 0) is 44.1 Å². The first-order chi connectivity index (χ1) is 15.7. The van der Waals surface area contributed by atoms with Gasteiger partial charge in [-0.1, -0.05) is 5.92 Å². The molecule has 174 valence electrons. The van der Waals surface area contributed by atoms with Crippen LogP contribution in [-0.2, 0) is 11.3 Å². The number of pyridine rings is 1. The fraction of sp³-hybridized carbons (Fsp3) is 0.435. The fourth-order valence-electron chi connectivity index (χ4n) is 3.82. The number of alkyl halides is 2. The van der Waals surface area contributed by atoms with E-state index in [1.165, 1.54) is 6.07 Å². The molecular weight excluding hydrogens is 435 g/mol. The molecule has 0 amide bonds. The quantitative estimate of drug-likeness (QED) is 0.413. The first-order valence-electron chi connectivity index (χ1n) is 10.6. The van der Waals surface area contributed by atoms with Crippen LogP contribution < -0.4 is 5.73 Å². The van der Waals surface area contributed by atoms with E-state index in [1.807, 2.05) is 0 Å². The molecule has 0 aliphatic heterocycles. The number of nitrogen functional groups attached to an aromatic ring is 1. The Labute approximate surface area is 188 Å². The van der Waals surface area contributed by atoms with E-state index in [0.717, 1.165) is 19.0 Å². The summed E-state index contributed by atoms with van der Waals surface area (Å²) in [7, 11) is 1.55. The molecule has 7 nitrogen and oxygen atoms in total. The number of rotatable bonds is 7. The topological polar surface area (TPSA) is 99.1 Å². The van der Waals surface area contributed by atoms with Gasteiger partial charge in [0.05, 0.1) is 11.7 Å². The zero-order valence-corrected chi connectivity index (χ0v) is 18.3. The standard InChI is InChI=1S/C23H24F3N5O2/c1-23(32,13-4-5-13)7-6-14-10-15-16(18-17(24)11-28-22(27)30-18)12-31(8-3-9-33-2)20(15)19(29-14)21(25)26/h10-13,21,32H,3-5,8-9H2,1-2H3,(H2,27,28,30). The Balaban J connectivity index is 1.93. The Bertz CT molecular complexity index is 1240. The molecule has 3 N–H and O–H groups in total. The summed E-state index contributed by atoms with van der Waals surface area (Å²) in [6, 6.07) is 1.51. The van der Waals surface area contributed by atoms with Crippen molar-refractivity contribution in [3.8, 4) is 23.1 Å². The monoisotopic (exact) mass is 459 g/mol. The van der Waals surface area contributed by atoms with E-state index < -0.39 is 23.5 Å². The van der Waals surface area contributed by atoms with Gasteiger partial charge in [0.15, 0.2) is 5.82 Å². The largest absolute Gasteiger partial charge is 0.385 e. The molecule has 4 rings (SSSR count). The van der Waals surface area contributed by atoms with Crippen molar-refractivity contribution in [3.05, 3.63) is 35.7 Å². The summed E-state index contributed by atoms with van der Waals surface area (Å²) in [6.07, 6.45) is 1.86. The minimum absolute atomic E-state index is 0.0528. The molecule has 1 aliphatic rings. The number of hydrogen-bond acceptors (Lipinski definition) is 6. The number of methoxy groups -OCH3 is 1. The van der Waals surface area contributed by atoms with Crippen molar-refractivity contribution in [1.82, 2.24) is 19.5 Å². The molecule has 1 saturated carbocycles. The van der Waals surface area contributed by atoms with Gasteiger partial charge in [0.1, 0.15) is 22.7 Å². The van der Waals surface area contributed by atoms with E-state index in [9.17, 15) is 18.3 Å². The van der Waals surface area contributed by atoms with Crippen molar-refractivity contribution in [1.29, 1.82) is 0 Å². The van der Waals surface area contributed by atoms with Gasteiger partial charge >= 0.3 is 0 Å². The van der Waals surface area contributed by atoms with Crippen molar-refractivity contribution in [2.45, 2.75) is 44.8 Å². The molecule has 3 aromatic heterocycles. The number of nitrogens with two attached hydrogens (primary N) is 1. The van der Waals surface area contributed by atoms with Gasteiger partial charge in [0.25, 0.3) is 6.43 Å². The summed E-state index contributed by atoms with van der Waals surface area (Å²) in [5.41, 5.74) is 4.33. The number of aliphatic hydroxyl groups is 1. The third-order valence-corrected chi connectivity index (χ3v) is 5.67. The normalized spacial score (nSPS) is 15.5. The first-order valence-corrected chi connectivity index (χ1v) is 10.6. The van der Waals surface area contributed by atoms with Crippen molar-refractivity contribution in [2.75, 3.05) is 19.5 Å². The molecule has 3 aromatic rings. The summed E-state index contributed by atoms with van der Waals surface area (Å²) in [6.45, 7) is 2.36. The minimum Gasteiger partial charge on any atom is -0.385 e. The van der Waals surface area contributed by atoms with E-state index >= 15 is 0 Å². The molecule has 0 aromatic carbocycles. The molecule has 0 radical (unpaired) electrons. The molecular formula is C23H24F3N5O2. The highest BCUT2D eigenvalue weighted by Crippen LogP contribution is 2.39. The lowest BCUT2D eigenvalue weighted by Gasteiger charge is -2.14. The number of ether oxygens (including phenoxy) is 1. The lowest BCUT2D eigenvalue weighted by Crippen LogP contribution is -2.24. The van der Waals surface area contributed by atoms with Crippen molar-refractivity contribution in [2.24, 2.45) is 5.92 Å². The maximum atomic E-state index is 14.6. The zero-order valence-electron chi connectivity index (χ0n) is 18.3. The minimum atomic E-state index is -2.90.